The normalized spacial score (nSPS) is 10.9. The molecule has 0 bridgehead atoms. The Kier molecular flexibility index (Phi) is 3.84. The number of benzene rings is 1. The molecule has 0 unspecified atom stereocenters. The summed E-state index contributed by atoms with van der Waals surface area (Å²) in [6.07, 6.45) is 3.52. The smallest absolute Gasteiger partial charge is 0.154 e. The molecule has 0 saturated heterocycles. The molecule has 3 heterocycles. The summed E-state index contributed by atoms with van der Waals surface area (Å²) in [6, 6.07) is 15.3. The second-order valence-corrected chi connectivity index (χ2v) is 5.70. The number of imidazole rings is 1. The quantitative estimate of drug-likeness (QED) is 0.584. The van der Waals surface area contributed by atoms with Crippen LogP contribution in [0.5, 0.6) is 0 Å². The number of hydrogen-bond donors (Lipinski definition) is 2. The minimum absolute atomic E-state index is 0.585. The Morgan fingerprint density at radius 1 is 0.958 bits per heavy atom. The fraction of sp³-hybridized carbons (Fsp3) is 0.0556. The average Bonchev–Trinajstić information content (AvgIpc) is 3.06. The van der Waals surface area contributed by atoms with E-state index in [-0.39, 0.29) is 0 Å². The minimum Gasteiger partial charge on any atom is -0.363 e. The highest BCUT2D eigenvalue weighted by molar-refractivity contribution is 6.33. The number of hydrogen-bond acceptors (Lipinski definition) is 4. The van der Waals surface area contributed by atoms with E-state index in [2.05, 4.69) is 25.3 Å². The molecule has 0 fully saturated rings. The van der Waals surface area contributed by atoms with Crippen molar-refractivity contribution in [1.82, 2.24) is 19.9 Å². The largest absolute Gasteiger partial charge is 0.363 e. The van der Waals surface area contributed by atoms with Gasteiger partial charge in [0.15, 0.2) is 5.82 Å². The Bertz CT molecular complexity index is 981. The minimum atomic E-state index is 0.585. The monoisotopic (exact) mass is 335 g/mol. The molecule has 2 N–H and O–H groups in total. The van der Waals surface area contributed by atoms with E-state index in [0.717, 1.165) is 28.1 Å². The molecule has 0 aliphatic carbocycles. The van der Waals surface area contributed by atoms with Gasteiger partial charge in [-0.1, -0.05) is 29.8 Å². The van der Waals surface area contributed by atoms with Gasteiger partial charge in [0.2, 0.25) is 0 Å². The maximum atomic E-state index is 6.27. The van der Waals surface area contributed by atoms with Crippen molar-refractivity contribution in [2.75, 3.05) is 5.32 Å². The Morgan fingerprint density at radius 2 is 1.83 bits per heavy atom. The number of pyridine rings is 2. The fourth-order valence-corrected chi connectivity index (χ4v) is 2.75. The second kappa shape index (κ2) is 6.29. The number of aromatic amines is 1. The standard InChI is InChI=1S/C18H14ClN5/c19-14-7-2-1-6-13(14)17-23-15-8-10-21-18(16(15)24-17)22-11-12-5-3-4-9-20-12/h1-10H,11H2,(H,21,22)(H,23,24). The van der Waals surface area contributed by atoms with E-state index in [9.17, 15) is 0 Å². The van der Waals surface area contributed by atoms with Gasteiger partial charge in [-0.25, -0.2) is 9.97 Å². The highest BCUT2D eigenvalue weighted by Crippen LogP contribution is 2.28. The van der Waals surface area contributed by atoms with Gasteiger partial charge in [-0.15, -0.1) is 0 Å². The molecule has 0 atom stereocenters. The molecule has 0 radical (unpaired) electrons. The fourth-order valence-electron chi connectivity index (χ4n) is 2.52. The van der Waals surface area contributed by atoms with Crippen molar-refractivity contribution < 1.29 is 0 Å². The van der Waals surface area contributed by atoms with Crippen molar-refractivity contribution in [3.63, 3.8) is 0 Å². The average molecular weight is 336 g/mol. The number of halogens is 1. The van der Waals surface area contributed by atoms with E-state index < -0.39 is 0 Å². The highest BCUT2D eigenvalue weighted by Gasteiger charge is 2.12. The lowest BCUT2D eigenvalue weighted by Crippen LogP contribution is -2.03. The first-order valence-electron chi connectivity index (χ1n) is 7.54. The molecular formula is C18H14ClN5. The van der Waals surface area contributed by atoms with E-state index >= 15 is 0 Å². The summed E-state index contributed by atoms with van der Waals surface area (Å²) in [5.74, 6) is 1.44. The van der Waals surface area contributed by atoms with Crippen molar-refractivity contribution in [2.45, 2.75) is 6.54 Å². The first-order valence-corrected chi connectivity index (χ1v) is 7.92. The van der Waals surface area contributed by atoms with E-state index in [4.69, 9.17) is 11.6 Å². The van der Waals surface area contributed by atoms with E-state index in [1.165, 1.54) is 0 Å². The van der Waals surface area contributed by atoms with Crippen LogP contribution in [0.1, 0.15) is 5.69 Å². The summed E-state index contributed by atoms with van der Waals surface area (Å²) in [5.41, 5.74) is 3.50. The Morgan fingerprint density at radius 3 is 2.67 bits per heavy atom. The van der Waals surface area contributed by atoms with Gasteiger partial charge in [0, 0.05) is 18.0 Å². The van der Waals surface area contributed by atoms with Crippen molar-refractivity contribution in [2.24, 2.45) is 0 Å². The number of nitrogens with zero attached hydrogens (tertiary/aromatic N) is 3. The molecule has 0 saturated carbocycles. The zero-order valence-electron chi connectivity index (χ0n) is 12.7. The third kappa shape index (κ3) is 2.81. The maximum Gasteiger partial charge on any atom is 0.154 e. The summed E-state index contributed by atoms with van der Waals surface area (Å²) in [5, 5.41) is 3.95. The summed E-state index contributed by atoms with van der Waals surface area (Å²) in [7, 11) is 0. The van der Waals surface area contributed by atoms with Crippen LogP contribution in [-0.2, 0) is 6.54 Å². The van der Waals surface area contributed by atoms with Crippen LogP contribution in [0.15, 0.2) is 60.9 Å². The molecule has 118 valence electrons. The van der Waals surface area contributed by atoms with Crippen molar-refractivity contribution in [3.05, 3.63) is 71.6 Å². The number of fused-ring (bicyclic) bond motifs is 1. The third-order valence-electron chi connectivity index (χ3n) is 3.69. The Balaban J connectivity index is 1.69. The first-order chi connectivity index (χ1) is 11.8. The maximum absolute atomic E-state index is 6.27. The van der Waals surface area contributed by atoms with Gasteiger partial charge in [-0.05, 0) is 30.3 Å². The van der Waals surface area contributed by atoms with Crippen LogP contribution in [0.3, 0.4) is 0 Å². The molecule has 6 heteroatoms. The Hall–Kier alpha value is -2.92. The van der Waals surface area contributed by atoms with Crippen LogP contribution in [0, 0.1) is 0 Å². The van der Waals surface area contributed by atoms with Crippen molar-refractivity contribution >= 4 is 28.5 Å². The van der Waals surface area contributed by atoms with E-state index in [1.54, 1.807) is 12.4 Å². The van der Waals surface area contributed by atoms with Crippen LogP contribution in [0.25, 0.3) is 22.4 Å². The molecular weight excluding hydrogens is 322 g/mol. The predicted molar refractivity (Wildman–Crippen MR) is 95.9 cm³/mol. The molecule has 0 aliphatic rings. The van der Waals surface area contributed by atoms with Gasteiger partial charge in [0.25, 0.3) is 0 Å². The zero-order chi connectivity index (χ0) is 16.4. The van der Waals surface area contributed by atoms with Crippen LogP contribution < -0.4 is 5.32 Å². The van der Waals surface area contributed by atoms with Crippen LogP contribution in [0.4, 0.5) is 5.82 Å². The highest BCUT2D eigenvalue weighted by atomic mass is 35.5. The lowest BCUT2D eigenvalue weighted by molar-refractivity contribution is 1.03. The molecule has 0 spiro atoms. The summed E-state index contributed by atoms with van der Waals surface area (Å²) in [6.45, 7) is 0.585. The number of H-pyrrole nitrogens is 1. The molecule has 0 aliphatic heterocycles. The van der Waals surface area contributed by atoms with Crippen LogP contribution >= 0.6 is 11.6 Å². The van der Waals surface area contributed by atoms with Crippen molar-refractivity contribution in [1.29, 1.82) is 0 Å². The molecule has 24 heavy (non-hydrogen) atoms. The van der Waals surface area contributed by atoms with E-state index in [1.807, 2.05) is 48.5 Å². The van der Waals surface area contributed by atoms with Crippen molar-refractivity contribution in [3.8, 4) is 11.4 Å². The molecule has 0 amide bonds. The van der Waals surface area contributed by atoms with E-state index in [0.29, 0.717) is 17.4 Å². The Labute approximate surface area is 143 Å². The lowest BCUT2D eigenvalue weighted by Gasteiger charge is -2.05. The van der Waals surface area contributed by atoms with Gasteiger partial charge < -0.3 is 10.3 Å². The van der Waals surface area contributed by atoms with Gasteiger partial charge >= 0.3 is 0 Å². The van der Waals surface area contributed by atoms with Gasteiger partial charge in [0.1, 0.15) is 11.3 Å². The molecule has 1 aromatic carbocycles. The topological polar surface area (TPSA) is 66.5 Å². The van der Waals surface area contributed by atoms with Gasteiger partial charge in [-0.3, -0.25) is 4.98 Å². The number of rotatable bonds is 4. The summed E-state index contributed by atoms with van der Waals surface area (Å²) >= 11 is 6.27. The number of anilines is 1. The van der Waals surface area contributed by atoms with Gasteiger partial charge in [-0.2, -0.15) is 0 Å². The van der Waals surface area contributed by atoms with Crippen LogP contribution in [-0.4, -0.2) is 19.9 Å². The zero-order valence-corrected chi connectivity index (χ0v) is 13.5. The molecule has 4 aromatic rings. The van der Waals surface area contributed by atoms with Crippen LogP contribution in [0.2, 0.25) is 5.02 Å². The predicted octanol–water partition coefficient (Wildman–Crippen LogP) is 4.29. The van der Waals surface area contributed by atoms with Gasteiger partial charge in [0.05, 0.1) is 22.8 Å². The SMILES string of the molecule is Clc1ccccc1-c1nc2c(NCc3ccccn3)nccc2[nH]1. The first kappa shape index (κ1) is 14.7. The molecule has 5 nitrogen and oxygen atoms in total. The number of nitrogens with one attached hydrogen (secondary N) is 2. The summed E-state index contributed by atoms with van der Waals surface area (Å²) in [4.78, 5) is 16.7. The third-order valence-corrected chi connectivity index (χ3v) is 4.02. The lowest BCUT2D eigenvalue weighted by atomic mass is 10.2. The second-order valence-electron chi connectivity index (χ2n) is 5.30. The summed E-state index contributed by atoms with van der Waals surface area (Å²) < 4.78 is 0. The molecule has 3 aromatic heterocycles. The number of aromatic nitrogens is 4. The molecule has 4 rings (SSSR count).